The molecule has 22 heteroatoms. The Bertz CT molecular complexity index is 2330. The van der Waals surface area contributed by atoms with Crippen molar-refractivity contribution in [3.8, 4) is 0 Å². The molecule has 0 fully saturated rings. The molecule has 0 saturated carbocycles. The molecule has 8 heterocycles. The van der Waals surface area contributed by atoms with Gasteiger partial charge in [0, 0.05) is 42.0 Å². The third-order valence-corrected chi connectivity index (χ3v) is 6.40. The zero-order chi connectivity index (χ0) is 40.5. The van der Waals surface area contributed by atoms with Gasteiger partial charge in [0.1, 0.15) is 52.6 Å². The normalized spacial score (nSPS) is 14.8. The number of fused-ring (bicyclic) bond motifs is 2. The number of nitrogens with two attached hydrogens (primary N) is 3. The van der Waals surface area contributed by atoms with Crippen LogP contribution in [0, 0.1) is 6.92 Å². The van der Waals surface area contributed by atoms with E-state index in [1.165, 1.54) is 25.1 Å². The van der Waals surface area contributed by atoms with Crippen LogP contribution in [0.3, 0.4) is 0 Å². The Morgan fingerprint density at radius 1 is 0.661 bits per heavy atom. The van der Waals surface area contributed by atoms with Crippen LogP contribution in [-0.4, -0.2) is 63.4 Å². The maximum atomic E-state index is 11.1. The van der Waals surface area contributed by atoms with Crippen LogP contribution in [0.1, 0.15) is 27.1 Å². The first-order valence-electron chi connectivity index (χ1n) is 15.7. The number of amidine groups is 2. The van der Waals surface area contributed by atoms with Crippen LogP contribution in [0.15, 0.2) is 131 Å². The Labute approximate surface area is 320 Å². The number of aryl methyl sites for hydroxylation is 1. The molecule has 0 spiro atoms. The number of rotatable bonds is 0. The number of carbonyl (C=O) groups is 2. The number of amides is 2. The number of aromatic nitrogens is 8. The summed E-state index contributed by atoms with van der Waals surface area (Å²) in [6.45, 7) is 19.4. The summed E-state index contributed by atoms with van der Waals surface area (Å²) in [6, 6.07) is 0. The average molecular weight is 768 g/mol. The van der Waals surface area contributed by atoms with Crippen LogP contribution in [0.4, 0.5) is 5.82 Å². The Hall–Kier alpha value is -8.30. The number of H-pyrrole nitrogens is 3. The quantitative estimate of drug-likeness (QED) is 0.116. The predicted molar refractivity (Wildman–Crippen MR) is 217 cm³/mol. The van der Waals surface area contributed by atoms with E-state index in [2.05, 4.69) is 108 Å². The number of hydrogen-bond acceptors (Lipinski definition) is 17. The van der Waals surface area contributed by atoms with E-state index in [9.17, 15) is 14.4 Å². The minimum Gasteiger partial charge on any atom is -0.384 e. The third-order valence-electron chi connectivity index (χ3n) is 6.40. The maximum absolute atomic E-state index is 11.1. The molecule has 56 heavy (non-hydrogen) atoms. The summed E-state index contributed by atoms with van der Waals surface area (Å²) in [4.78, 5) is 67.3. The Kier molecular flexibility index (Phi) is 16.7. The fraction of sp³-hybridized carbons (Fsp3) is 0.118. The van der Waals surface area contributed by atoms with Crippen molar-refractivity contribution in [2.45, 2.75) is 28.2 Å². The topological polar surface area (TPSA) is 338 Å². The van der Waals surface area contributed by atoms with Crippen LogP contribution in [0.5, 0.6) is 0 Å². The molecule has 0 saturated heterocycles. The number of anilines is 1. The van der Waals surface area contributed by atoms with Crippen molar-refractivity contribution in [1.29, 1.82) is 0 Å². The number of aromatic amines is 3. The molecular formula is C34H45N19O3. The second-order valence-electron chi connectivity index (χ2n) is 10.8. The molecule has 0 aromatic carbocycles. The number of imidazole rings is 2. The van der Waals surface area contributed by atoms with Crippen molar-refractivity contribution >= 4 is 51.6 Å². The number of nitrogen functional groups attached to an aromatic ring is 1. The molecule has 0 atom stereocenters. The summed E-state index contributed by atoms with van der Waals surface area (Å²) < 4.78 is 0. The monoisotopic (exact) mass is 767 g/mol. The smallest absolute Gasteiger partial charge is 0.276 e. The van der Waals surface area contributed by atoms with E-state index in [4.69, 9.17) is 17.2 Å². The van der Waals surface area contributed by atoms with Gasteiger partial charge in [-0.3, -0.25) is 14.4 Å². The Morgan fingerprint density at radius 3 is 1.82 bits per heavy atom. The van der Waals surface area contributed by atoms with Gasteiger partial charge in [-0.2, -0.15) is 0 Å². The van der Waals surface area contributed by atoms with E-state index >= 15 is 0 Å². The highest BCUT2D eigenvalue weighted by atomic mass is 16.2. The lowest BCUT2D eigenvalue weighted by atomic mass is 10.3. The number of carbonyl (C=O) groups excluding carboxylic acids is 2. The second-order valence-corrected chi connectivity index (χ2v) is 10.8. The summed E-state index contributed by atoms with van der Waals surface area (Å²) in [5, 5.41) is 16.1. The van der Waals surface area contributed by atoms with Crippen LogP contribution in [0.25, 0.3) is 22.3 Å². The standard InChI is InChI=1S/C6H6N4O.C6H9N3.C6H8N2O.C5H5N5.C5H7N3.C5H6N2O.CH4/c1-3-9-5-4(6(11)10-3)7-2-8-5;1-4-3-8-5(2)9-6(4)7;1-4-3-7-5(2)8-6(4)9;6-4-3-5(9-1-7-3)10-2-8-4;1-4-7-3-2-5(6)8-4;1-4-6-3-2-5(8)7-4;/h2H,1H3,(H2,7,8,9,10,11);3,8H,2H2,1H3,(H2,7,9);3,7H,2H2,1H3,(H,8,9);1-2H,(H3,6,7,8,9,10);2-3,7H,1H2,(H2,6,8);2-3,6H,1H2,(H,7,8);1H4. The van der Waals surface area contributed by atoms with Crippen LogP contribution >= 0.6 is 0 Å². The van der Waals surface area contributed by atoms with Crippen molar-refractivity contribution in [3.05, 3.63) is 133 Å². The fourth-order valence-electron chi connectivity index (χ4n) is 3.69. The highest BCUT2D eigenvalue weighted by molar-refractivity contribution is 5.97. The van der Waals surface area contributed by atoms with Gasteiger partial charge in [-0.25, -0.2) is 34.9 Å². The summed E-state index contributed by atoms with van der Waals surface area (Å²) in [5.74, 6) is 4.07. The van der Waals surface area contributed by atoms with E-state index in [-0.39, 0.29) is 24.8 Å². The maximum Gasteiger partial charge on any atom is 0.276 e. The zero-order valence-corrected chi connectivity index (χ0v) is 30.1. The van der Waals surface area contributed by atoms with E-state index in [1.807, 2.05) is 6.92 Å². The van der Waals surface area contributed by atoms with Gasteiger partial charge >= 0.3 is 0 Å². The third kappa shape index (κ3) is 14.4. The van der Waals surface area contributed by atoms with Crippen LogP contribution < -0.4 is 54.7 Å². The summed E-state index contributed by atoms with van der Waals surface area (Å²) in [7, 11) is 0. The van der Waals surface area contributed by atoms with Gasteiger partial charge in [-0.1, -0.05) is 33.7 Å². The minimum absolute atomic E-state index is 0. The van der Waals surface area contributed by atoms with Gasteiger partial charge in [-0.15, -0.1) is 0 Å². The van der Waals surface area contributed by atoms with Crippen LogP contribution in [0.2, 0.25) is 0 Å². The van der Waals surface area contributed by atoms with Gasteiger partial charge in [-0.05, 0) is 26.8 Å². The molecule has 2 amide bonds. The molecule has 294 valence electrons. The predicted octanol–water partition coefficient (Wildman–Crippen LogP) is 0.551. The van der Waals surface area contributed by atoms with Crippen molar-refractivity contribution in [3.63, 3.8) is 0 Å². The number of aliphatic imine (C=N–C) groups is 2. The largest absolute Gasteiger partial charge is 0.384 e. The summed E-state index contributed by atoms with van der Waals surface area (Å²) in [6.07, 6.45) is 14.1. The lowest BCUT2D eigenvalue weighted by Gasteiger charge is -2.13. The molecular weight excluding hydrogens is 723 g/mol. The van der Waals surface area contributed by atoms with E-state index in [0.717, 1.165) is 5.57 Å². The molecule has 0 unspecified atom stereocenters. The van der Waals surface area contributed by atoms with Gasteiger partial charge in [0.05, 0.1) is 12.7 Å². The van der Waals surface area contributed by atoms with E-state index in [1.54, 1.807) is 44.7 Å². The molecule has 0 radical (unpaired) electrons. The fourth-order valence-corrected chi connectivity index (χ4v) is 3.69. The molecule has 4 aromatic heterocycles. The molecule has 4 aliphatic rings. The van der Waals surface area contributed by atoms with E-state index in [0.29, 0.717) is 74.5 Å². The highest BCUT2D eigenvalue weighted by Gasteiger charge is 2.08. The molecule has 4 aliphatic heterocycles. The number of nitrogens with zero attached hydrogens (tertiary/aromatic N) is 7. The first kappa shape index (κ1) is 43.9. The molecule has 22 nitrogen and oxygen atoms in total. The van der Waals surface area contributed by atoms with Crippen LogP contribution in [-0.2, 0) is 9.59 Å². The minimum atomic E-state index is -0.176. The molecule has 15 N–H and O–H groups in total. The second kappa shape index (κ2) is 21.3. The summed E-state index contributed by atoms with van der Waals surface area (Å²) >= 11 is 0. The molecule has 0 bridgehead atoms. The van der Waals surface area contributed by atoms with E-state index < -0.39 is 0 Å². The first-order valence-corrected chi connectivity index (χ1v) is 15.7. The SMILES string of the molecule is C.C=C1N=C(N)C(C)=CN1.C=C1N=C(N)C=CN1.C=C1NC=C(C)C(=O)N1.C=C1NC=CC(=O)N1.Cc1nc2nc[nH]c2c(=O)[nH]1.Nc1ncnc2nc[nH]c12. The average Bonchev–Trinajstić information content (AvgIpc) is 3.81. The number of nitrogens with one attached hydrogen (secondary N) is 9. The Morgan fingerprint density at radius 2 is 1.29 bits per heavy atom. The molecule has 8 rings (SSSR count). The van der Waals surface area contributed by atoms with Gasteiger partial charge in [0.15, 0.2) is 22.6 Å². The van der Waals surface area contributed by atoms with Crippen molar-refractivity contribution in [2.75, 3.05) is 5.73 Å². The number of hydrogen-bond donors (Lipinski definition) is 12. The lowest BCUT2D eigenvalue weighted by Crippen LogP contribution is -2.33. The summed E-state index contributed by atoms with van der Waals surface area (Å²) in [5.41, 5.74) is 19.8. The van der Waals surface area contributed by atoms with Gasteiger partial charge in [0.2, 0.25) is 0 Å². The molecule has 0 aliphatic carbocycles. The lowest BCUT2D eigenvalue weighted by molar-refractivity contribution is -0.117. The van der Waals surface area contributed by atoms with Crippen molar-refractivity contribution < 1.29 is 9.59 Å². The van der Waals surface area contributed by atoms with Gasteiger partial charge < -0.3 is 64.1 Å². The van der Waals surface area contributed by atoms with Gasteiger partial charge in [0.25, 0.3) is 17.4 Å². The highest BCUT2D eigenvalue weighted by Crippen LogP contribution is 2.09. The van der Waals surface area contributed by atoms with Crippen molar-refractivity contribution in [1.82, 2.24) is 71.8 Å². The first-order chi connectivity index (χ1) is 26.1. The Balaban J connectivity index is 0.000000232. The van der Waals surface area contributed by atoms with Crippen molar-refractivity contribution in [2.24, 2.45) is 21.5 Å². The molecule has 4 aromatic rings. The zero-order valence-electron chi connectivity index (χ0n) is 30.1.